The number of ether oxygens (including phenoxy) is 1. The molecule has 7 nitrogen and oxygen atoms in total. The number of rotatable bonds is 8. The molecule has 1 N–H and O–H groups in total. The highest BCUT2D eigenvalue weighted by Crippen LogP contribution is 2.30. The van der Waals surface area contributed by atoms with Gasteiger partial charge in [0.05, 0.1) is 0 Å². The van der Waals surface area contributed by atoms with E-state index in [-0.39, 0.29) is 24.9 Å². The average Bonchev–Trinajstić information content (AvgIpc) is 2.97. The van der Waals surface area contributed by atoms with Crippen molar-refractivity contribution in [2.75, 3.05) is 32.9 Å². The topological polar surface area (TPSA) is 79.0 Å². The minimum absolute atomic E-state index is 0.203. The minimum Gasteiger partial charge on any atom is -0.492 e. The number of benzene rings is 1. The fourth-order valence-electron chi connectivity index (χ4n) is 3.48. The number of fused-ring (bicyclic) bond motifs is 1. The van der Waals surface area contributed by atoms with Crippen molar-refractivity contribution in [3.8, 4) is 5.75 Å². The smallest absolute Gasteiger partial charge is 0.255 e. The molecule has 0 bridgehead atoms. The summed E-state index contributed by atoms with van der Waals surface area (Å²) < 4.78 is 18.2. The number of piperidine rings is 1. The summed E-state index contributed by atoms with van der Waals surface area (Å²) in [5.41, 5.74) is 1.36. The number of alkyl halides is 1. The lowest BCUT2D eigenvalue weighted by Gasteiger charge is -2.29. The van der Waals surface area contributed by atoms with Gasteiger partial charge in [-0.05, 0) is 36.7 Å². The zero-order valence-electron chi connectivity index (χ0n) is 15.4. The Morgan fingerprint density at radius 1 is 1.30 bits per heavy atom. The van der Waals surface area contributed by atoms with Crippen molar-refractivity contribution in [2.24, 2.45) is 0 Å². The molecule has 0 spiro atoms. The largest absolute Gasteiger partial charge is 0.492 e. The van der Waals surface area contributed by atoms with Gasteiger partial charge in [-0.3, -0.25) is 24.6 Å². The lowest BCUT2D eigenvalue weighted by Crippen LogP contribution is -2.52. The molecule has 1 atom stereocenters. The molecule has 2 aliphatic rings. The standard InChI is InChI=1S/C19H24FN3O4/c1-2-22(8-7-20)9-10-27-14-3-4-15-13(11-14)12-23(19(15)26)16-5-6-17(24)21-18(16)25/h3-4,11,16H,2,5-10,12H2,1H3,(H,21,24,25). The van der Waals surface area contributed by atoms with Crippen LogP contribution in [0.4, 0.5) is 4.39 Å². The Kier molecular flexibility index (Phi) is 6.05. The van der Waals surface area contributed by atoms with Crippen LogP contribution in [0.2, 0.25) is 0 Å². The van der Waals surface area contributed by atoms with E-state index in [0.717, 1.165) is 12.1 Å². The Labute approximate surface area is 157 Å². The number of hydrogen-bond donors (Lipinski definition) is 1. The quantitative estimate of drug-likeness (QED) is 0.687. The summed E-state index contributed by atoms with van der Waals surface area (Å²) >= 11 is 0. The highest BCUT2D eigenvalue weighted by atomic mass is 19.1. The second-order valence-electron chi connectivity index (χ2n) is 6.69. The van der Waals surface area contributed by atoms with E-state index in [0.29, 0.717) is 44.0 Å². The van der Waals surface area contributed by atoms with Gasteiger partial charge in [-0.1, -0.05) is 6.92 Å². The van der Waals surface area contributed by atoms with Crippen molar-refractivity contribution in [3.63, 3.8) is 0 Å². The maximum atomic E-state index is 12.6. The molecule has 2 heterocycles. The van der Waals surface area contributed by atoms with Crippen LogP contribution in [0.25, 0.3) is 0 Å². The zero-order valence-corrected chi connectivity index (χ0v) is 15.4. The molecule has 3 amide bonds. The number of carbonyl (C=O) groups excluding carboxylic acids is 3. The summed E-state index contributed by atoms with van der Waals surface area (Å²) in [5.74, 6) is -0.282. The summed E-state index contributed by atoms with van der Waals surface area (Å²) in [7, 11) is 0. The number of likely N-dealkylation sites (N-methyl/N-ethyl adjacent to an activating group) is 1. The highest BCUT2D eigenvalue weighted by Gasteiger charge is 2.39. The van der Waals surface area contributed by atoms with Crippen molar-refractivity contribution >= 4 is 17.7 Å². The number of imide groups is 1. The number of carbonyl (C=O) groups is 3. The van der Waals surface area contributed by atoms with Crippen LogP contribution >= 0.6 is 0 Å². The molecule has 0 radical (unpaired) electrons. The Balaban J connectivity index is 1.62. The van der Waals surface area contributed by atoms with Crippen molar-refractivity contribution in [2.45, 2.75) is 32.4 Å². The van der Waals surface area contributed by atoms with Gasteiger partial charge in [-0.15, -0.1) is 0 Å². The van der Waals surface area contributed by atoms with Crippen molar-refractivity contribution < 1.29 is 23.5 Å². The van der Waals surface area contributed by atoms with Gasteiger partial charge >= 0.3 is 0 Å². The molecule has 146 valence electrons. The molecule has 0 aliphatic carbocycles. The summed E-state index contributed by atoms with van der Waals surface area (Å²) in [4.78, 5) is 39.5. The van der Waals surface area contributed by atoms with Gasteiger partial charge in [-0.25, -0.2) is 4.39 Å². The molecule has 0 saturated carbocycles. The molecule has 1 aromatic carbocycles. The Hall–Kier alpha value is -2.48. The van der Waals surface area contributed by atoms with E-state index < -0.39 is 11.9 Å². The third kappa shape index (κ3) is 4.27. The molecule has 1 fully saturated rings. The number of hydrogen-bond acceptors (Lipinski definition) is 5. The fraction of sp³-hybridized carbons (Fsp3) is 0.526. The van der Waals surface area contributed by atoms with E-state index in [9.17, 15) is 18.8 Å². The number of nitrogens with one attached hydrogen (secondary N) is 1. The van der Waals surface area contributed by atoms with Crippen LogP contribution in [0, 0.1) is 0 Å². The molecule has 8 heteroatoms. The summed E-state index contributed by atoms with van der Waals surface area (Å²) in [6.45, 7) is 4.11. The predicted molar refractivity (Wildman–Crippen MR) is 96.1 cm³/mol. The first-order chi connectivity index (χ1) is 13.0. The fourth-order valence-corrected chi connectivity index (χ4v) is 3.48. The van der Waals surface area contributed by atoms with Gasteiger partial charge in [0.2, 0.25) is 11.8 Å². The monoisotopic (exact) mass is 377 g/mol. The van der Waals surface area contributed by atoms with E-state index in [1.165, 1.54) is 4.90 Å². The SMILES string of the molecule is CCN(CCF)CCOc1ccc2c(c1)CN(C1CCC(=O)NC1=O)C2=O. The number of halogens is 1. The van der Waals surface area contributed by atoms with E-state index in [2.05, 4.69) is 5.32 Å². The Morgan fingerprint density at radius 3 is 2.81 bits per heavy atom. The van der Waals surface area contributed by atoms with Crippen LogP contribution in [0.15, 0.2) is 18.2 Å². The first kappa shape index (κ1) is 19.3. The van der Waals surface area contributed by atoms with E-state index in [1.807, 2.05) is 17.9 Å². The van der Waals surface area contributed by atoms with Crippen LogP contribution in [0.3, 0.4) is 0 Å². The number of nitrogens with zero attached hydrogens (tertiary/aromatic N) is 2. The maximum Gasteiger partial charge on any atom is 0.255 e. The van der Waals surface area contributed by atoms with E-state index in [4.69, 9.17) is 4.74 Å². The zero-order chi connectivity index (χ0) is 19.4. The normalized spacial score (nSPS) is 19.4. The highest BCUT2D eigenvalue weighted by molar-refractivity contribution is 6.05. The average molecular weight is 377 g/mol. The summed E-state index contributed by atoms with van der Waals surface area (Å²) in [5, 5.41) is 2.29. The third-order valence-electron chi connectivity index (χ3n) is 5.02. The first-order valence-electron chi connectivity index (χ1n) is 9.22. The first-order valence-corrected chi connectivity index (χ1v) is 9.22. The van der Waals surface area contributed by atoms with Gasteiger partial charge in [0.1, 0.15) is 25.1 Å². The molecule has 0 aromatic heterocycles. The molecule has 27 heavy (non-hydrogen) atoms. The maximum absolute atomic E-state index is 12.6. The van der Waals surface area contributed by atoms with Gasteiger partial charge in [0, 0.05) is 31.6 Å². The van der Waals surface area contributed by atoms with Crippen molar-refractivity contribution in [3.05, 3.63) is 29.3 Å². The van der Waals surface area contributed by atoms with Crippen LogP contribution in [-0.2, 0) is 16.1 Å². The van der Waals surface area contributed by atoms with Gasteiger partial charge in [-0.2, -0.15) is 0 Å². The molecule has 3 rings (SSSR count). The molecule has 2 aliphatic heterocycles. The summed E-state index contributed by atoms with van der Waals surface area (Å²) in [6, 6.07) is 4.63. The van der Waals surface area contributed by atoms with Crippen LogP contribution < -0.4 is 10.1 Å². The second-order valence-corrected chi connectivity index (χ2v) is 6.69. The molecule has 1 unspecified atom stereocenters. The Bertz CT molecular complexity index is 740. The lowest BCUT2D eigenvalue weighted by atomic mass is 10.0. The molecule has 1 saturated heterocycles. The second kappa shape index (κ2) is 8.47. The van der Waals surface area contributed by atoms with Crippen LogP contribution in [0.5, 0.6) is 5.75 Å². The molecule has 1 aromatic rings. The van der Waals surface area contributed by atoms with E-state index in [1.54, 1.807) is 12.1 Å². The van der Waals surface area contributed by atoms with Crippen molar-refractivity contribution in [1.82, 2.24) is 15.1 Å². The van der Waals surface area contributed by atoms with Crippen LogP contribution in [0.1, 0.15) is 35.7 Å². The van der Waals surface area contributed by atoms with Crippen LogP contribution in [-0.4, -0.2) is 66.5 Å². The lowest BCUT2D eigenvalue weighted by molar-refractivity contribution is -0.136. The molecular formula is C19H24FN3O4. The minimum atomic E-state index is -0.620. The summed E-state index contributed by atoms with van der Waals surface area (Å²) in [6.07, 6.45) is 0.576. The number of amides is 3. The van der Waals surface area contributed by atoms with Gasteiger partial charge < -0.3 is 9.64 Å². The Morgan fingerprint density at radius 2 is 2.11 bits per heavy atom. The third-order valence-corrected chi connectivity index (χ3v) is 5.02. The van der Waals surface area contributed by atoms with Crippen molar-refractivity contribution in [1.29, 1.82) is 0 Å². The van der Waals surface area contributed by atoms with Gasteiger partial charge in [0.25, 0.3) is 5.91 Å². The van der Waals surface area contributed by atoms with Gasteiger partial charge in [0.15, 0.2) is 0 Å². The predicted octanol–water partition coefficient (Wildman–Crippen LogP) is 1.12. The molecular weight excluding hydrogens is 353 g/mol. The van der Waals surface area contributed by atoms with E-state index >= 15 is 0 Å².